The summed E-state index contributed by atoms with van der Waals surface area (Å²) in [6.45, 7) is 12.1. The molecule has 3 rings (SSSR count). The van der Waals surface area contributed by atoms with Crippen LogP contribution in [-0.2, 0) is 16.1 Å². The van der Waals surface area contributed by atoms with Crippen molar-refractivity contribution in [3.63, 3.8) is 0 Å². The highest BCUT2D eigenvalue weighted by atomic mass is 35.5. The monoisotopic (exact) mass is 536 g/mol. The number of hydrogen-bond acceptors (Lipinski definition) is 8. The number of methoxy groups -OCH3 is 1. The summed E-state index contributed by atoms with van der Waals surface area (Å²) in [7, 11) is 1.32. The lowest BCUT2D eigenvalue weighted by molar-refractivity contribution is -0.113. The van der Waals surface area contributed by atoms with Crippen molar-refractivity contribution in [2.75, 3.05) is 18.2 Å². The maximum absolute atomic E-state index is 12.7. The van der Waals surface area contributed by atoms with Gasteiger partial charge in [0.25, 0.3) is 0 Å². The van der Waals surface area contributed by atoms with E-state index in [0.717, 1.165) is 26.6 Å². The minimum atomic E-state index is -0.467. The van der Waals surface area contributed by atoms with Crippen molar-refractivity contribution < 1.29 is 19.1 Å². The Morgan fingerprint density at radius 3 is 2.46 bits per heavy atom. The van der Waals surface area contributed by atoms with E-state index in [0.29, 0.717) is 33.8 Å². The zero-order chi connectivity index (χ0) is 25.9. The second-order valence-corrected chi connectivity index (χ2v) is 10.6. The lowest BCUT2D eigenvalue weighted by Crippen LogP contribution is -2.17. The number of nitrogens with one attached hydrogen (secondary N) is 1. The van der Waals surface area contributed by atoms with Gasteiger partial charge in [0.1, 0.15) is 10.8 Å². The van der Waals surface area contributed by atoms with Gasteiger partial charge in [-0.15, -0.1) is 21.5 Å². The molecule has 0 saturated carbocycles. The van der Waals surface area contributed by atoms with E-state index in [2.05, 4.69) is 15.5 Å². The van der Waals surface area contributed by atoms with Crippen LogP contribution < -0.4 is 10.1 Å². The van der Waals surface area contributed by atoms with Crippen LogP contribution >= 0.6 is 34.7 Å². The van der Waals surface area contributed by atoms with Gasteiger partial charge in [0.05, 0.1) is 18.4 Å². The van der Waals surface area contributed by atoms with Gasteiger partial charge in [-0.05, 0) is 70.4 Å². The standard InChI is InChI=1S/C24H29ClN4O4S2/c1-8-29-21(15(5)33-17-9-12(2)20(25)13(3)10-17)27-28-24(29)34-11-18(30)26-22-19(23(31)32-7)14(4)16(6)35-22/h9-10,15H,8,11H2,1-7H3,(H,26,30). The summed E-state index contributed by atoms with van der Waals surface area (Å²) in [5, 5.41) is 13.3. The van der Waals surface area contributed by atoms with Crippen molar-refractivity contribution in [3.8, 4) is 5.75 Å². The third kappa shape index (κ3) is 5.99. The Balaban J connectivity index is 1.69. The van der Waals surface area contributed by atoms with E-state index >= 15 is 0 Å². The van der Waals surface area contributed by atoms with Gasteiger partial charge in [0.15, 0.2) is 17.1 Å². The number of thioether (sulfide) groups is 1. The van der Waals surface area contributed by atoms with E-state index in [1.165, 1.54) is 30.2 Å². The first kappa shape index (κ1) is 27.0. The molecule has 3 aromatic rings. The van der Waals surface area contributed by atoms with Gasteiger partial charge in [-0.2, -0.15) is 0 Å². The maximum atomic E-state index is 12.7. The van der Waals surface area contributed by atoms with Crippen molar-refractivity contribution in [1.82, 2.24) is 14.8 Å². The highest BCUT2D eigenvalue weighted by Crippen LogP contribution is 2.33. The molecule has 0 aliphatic heterocycles. The van der Waals surface area contributed by atoms with Crippen LogP contribution in [0.1, 0.15) is 57.7 Å². The van der Waals surface area contributed by atoms with Gasteiger partial charge in [0.2, 0.25) is 5.91 Å². The third-order valence-corrected chi connectivity index (χ3v) is 8.19. The van der Waals surface area contributed by atoms with Gasteiger partial charge in [-0.25, -0.2) is 4.79 Å². The average Bonchev–Trinajstić information content (AvgIpc) is 3.35. The van der Waals surface area contributed by atoms with Crippen LogP contribution in [0.4, 0.5) is 5.00 Å². The van der Waals surface area contributed by atoms with Crippen molar-refractivity contribution in [1.29, 1.82) is 0 Å². The minimum Gasteiger partial charge on any atom is -0.483 e. The van der Waals surface area contributed by atoms with Crippen molar-refractivity contribution >= 4 is 51.6 Å². The number of ether oxygens (including phenoxy) is 2. The fraction of sp³-hybridized carbons (Fsp3) is 0.417. The van der Waals surface area contributed by atoms with E-state index < -0.39 is 5.97 Å². The van der Waals surface area contributed by atoms with Crippen molar-refractivity contribution in [2.45, 2.75) is 59.3 Å². The van der Waals surface area contributed by atoms with Crippen LogP contribution in [0, 0.1) is 27.7 Å². The van der Waals surface area contributed by atoms with Crippen LogP contribution in [0.15, 0.2) is 17.3 Å². The number of amides is 1. The summed E-state index contributed by atoms with van der Waals surface area (Å²) in [4.78, 5) is 25.8. The number of aromatic nitrogens is 3. The molecule has 0 aliphatic carbocycles. The molecular formula is C24H29ClN4O4S2. The molecule has 2 aromatic heterocycles. The molecule has 0 saturated heterocycles. The average molecular weight is 537 g/mol. The highest BCUT2D eigenvalue weighted by molar-refractivity contribution is 7.99. The van der Waals surface area contributed by atoms with E-state index in [1.807, 2.05) is 58.2 Å². The number of anilines is 1. The number of nitrogens with zero attached hydrogens (tertiary/aromatic N) is 3. The summed E-state index contributed by atoms with van der Waals surface area (Å²) >= 11 is 8.89. The fourth-order valence-corrected chi connectivity index (χ4v) is 5.57. The first-order valence-electron chi connectivity index (χ1n) is 11.0. The molecule has 0 aliphatic rings. The number of halogens is 1. The zero-order valence-electron chi connectivity index (χ0n) is 20.8. The van der Waals surface area contributed by atoms with Crippen LogP contribution in [0.5, 0.6) is 5.75 Å². The summed E-state index contributed by atoms with van der Waals surface area (Å²) in [6.07, 6.45) is -0.356. The first-order chi connectivity index (χ1) is 16.6. The summed E-state index contributed by atoms with van der Waals surface area (Å²) < 4.78 is 12.9. The maximum Gasteiger partial charge on any atom is 0.341 e. The van der Waals surface area contributed by atoms with Gasteiger partial charge in [0, 0.05) is 16.4 Å². The van der Waals surface area contributed by atoms with E-state index in [-0.39, 0.29) is 17.8 Å². The number of carbonyl (C=O) groups excluding carboxylic acids is 2. The summed E-state index contributed by atoms with van der Waals surface area (Å²) in [5.41, 5.74) is 3.09. The molecule has 35 heavy (non-hydrogen) atoms. The summed E-state index contributed by atoms with van der Waals surface area (Å²) in [6, 6.07) is 3.80. The molecule has 188 valence electrons. The van der Waals surface area contributed by atoms with Gasteiger partial charge in [-0.1, -0.05) is 23.4 Å². The lowest BCUT2D eigenvalue weighted by atomic mass is 10.1. The molecule has 1 N–H and O–H groups in total. The molecule has 0 spiro atoms. The van der Waals surface area contributed by atoms with Gasteiger partial charge in [-0.3, -0.25) is 4.79 Å². The number of benzene rings is 1. The fourth-order valence-electron chi connectivity index (χ4n) is 3.59. The predicted molar refractivity (Wildman–Crippen MR) is 140 cm³/mol. The van der Waals surface area contributed by atoms with Gasteiger partial charge >= 0.3 is 5.97 Å². The Bertz CT molecular complexity index is 1230. The Hall–Kier alpha value is -2.56. The quantitative estimate of drug-likeness (QED) is 0.268. The molecule has 1 aromatic carbocycles. The topological polar surface area (TPSA) is 95.3 Å². The molecular weight excluding hydrogens is 508 g/mol. The van der Waals surface area contributed by atoms with E-state index in [9.17, 15) is 9.59 Å². The highest BCUT2D eigenvalue weighted by Gasteiger charge is 2.23. The molecule has 2 heterocycles. The number of thiophene rings is 1. The summed E-state index contributed by atoms with van der Waals surface area (Å²) in [5.74, 6) is 0.770. The second-order valence-electron chi connectivity index (χ2n) is 8.03. The Kier molecular flexibility index (Phi) is 8.84. The third-order valence-electron chi connectivity index (χ3n) is 5.51. The number of esters is 1. The predicted octanol–water partition coefficient (Wildman–Crippen LogP) is 5.90. The molecule has 1 unspecified atom stereocenters. The molecule has 8 nitrogen and oxygen atoms in total. The van der Waals surface area contributed by atoms with Crippen LogP contribution in [0.2, 0.25) is 5.02 Å². The van der Waals surface area contributed by atoms with Crippen LogP contribution in [0.3, 0.4) is 0 Å². The second kappa shape index (κ2) is 11.5. The smallest absolute Gasteiger partial charge is 0.341 e. The number of aryl methyl sites for hydroxylation is 3. The molecule has 1 atom stereocenters. The normalized spacial score (nSPS) is 11.9. The molecule has 0 bridgehead atoms. The molecule has 0 radical (unpaired) electrons. The Labute approximate surface area is 218 Å². The lowest BCUT2D eigenvalue weighted by Gasteiger charge is -2.17. The molecule has 0 fully saturated rings. The number of hydrogen-bond donors (Lipinski definition) is 1. The Morgan fingerprint density at radius 1 is 1.20 bits per heavy atom. The van der Waals surface area contributed by atoms with Crippen LogP contribution in [-0.4, -0.2) is 39.5 Å². The van der Waals surface area contributed by atoms with Crippen LogP contribution in [0.25, 0.3) is 0 Å². The SMILES string of the molecule is CCn1c(SCC(=O)Nc2sc(C)c(C)c2C(=O)OC)nnc1C(C)Oc1cc(C)c(Cl)c(C)c1. The molecule has 1 amide bonds. The number of rotatable bonds is 9. The Morgan fingerprint density at radius 2 is 1.86 bits per heavy atom. The van der Waals surface area contributed by atoms with Gasteiger partial charge < -0.3 is 19.4 Å². The first-order valence-corrected chi connectivity index (χ1v) is 13.2. The van der Waals surface area contributed by atoms with E-state index in [4.69, 9.17) is 21.1 Å². The largest absolute Gasteiger partial charge is 0.483 e. The van der Waals surface area contributed by atoms with Crippen molar-refractivity contribution in [3.05, 3.63) is 50.1 Å². The minimum absolute atomic E-state index is 0.111. The van der Waals surface area contributed by atoms with Crippen molar-refractivity contribution in [2.24, 2.45) is 0 Å². The zero-order valence-corrected chi connectivity index (χ0v) is 23.2. The number of carbonyl (C=O) groups is 2. The molecule has 11 heteroatoms. The van der Waals surface area contributed by atoms with E-state index in [1.54, 1.807) is 0 Å².